The monoisotopic (exact) mass is 462 g/mol. The molecular formula is C23H34N4O2S2. The average molecular weight is 463 g/mol. The van der Waals surface area contributed by atoms with Crippen molar-refractivity contribution in [3.8, 4) is 5.19 Å². The fraction of sp³-hybridized carbons (Fsp3) is 0.696. The third kappa shape index (κ3) is 6.49. The fourth-order valence-corrected chi connectivity index (χ4v) is 6.48. The molecule has 0 bridgehead atoms. The van der Waals surface area contributed by atoms with Gasteiger partial charge in [-0.25, -0.2) is 9.97 Å². The lowest BCUT2D eigenvalue weighted by atomic mass is 9.84. The molecule has 31 heavy (non-hydrogen) atoms. The highest BCUT2D eigenvalue weighted by Crippen LogP contribution is 2.30. The van der Waals surface area contributed by atoms with E-state index in [1.165, 1.54) is 36.4 Å². The van der Waals surface area contributed by atoms with Crippen LogP contribution in [-0.2, 0) is 24.1 Å². The molecule has 8 heteroatoms. The predicted octanol–water partition coefficient (Wildman–Crippen LogP) is 4.02. The molecule has 1 aliphatic heterocycles. The van der Waals surface area contributed by atoms with Crippen molar-refractivity contribution in [3.05, 3.63) is 26.7 Å². The zero-order valence-electron chi connectivity index (χ0n) is 18.7. The highest BCUT2D eigenvalue weighted by atomic mass is 32.1. The first-order valence-electron chi connectivity index (χ1n) is 11.6. The second-order valence-electron chi connectivity index (χ2n) is 8.72. The quantitative estimate of drug-likeness (QED) is 0.642. The number of rotatable bonds is 8. The van der Waals surface area contributed by atoms with Gasteiger partial charge in [0, 0.05) is 41.5 Å². The minimum absolute atomic E-state index is 0.144. The Bertz CT molecular complexity index is 832. The summed E-state index contributed by atoms with van der Waals surface area (Å²) in [6.45, 7) is 8.09. The second-order valence-corrected chi connectivity index (χ2v) is 11.1. The number of carbonyl (C=O) groups is 1. The molecule has 1 saturated carbocycles. The molecule has 1 aliphatic carbocycles. The van der Waals surface area contributed by atoms with Crippen LogP contribution >= 0.6 is 22.7 Å². The van der Waals surface area contributed by atoms with Gasteiger partial charge in [0.15, 0.2) is 0 Å². The SMILES string of the molecule is CCOc1nc2c(s1)CCN(CCC1CCC(NC(=O)Cc3cnc(C)s3)CC1)CC2. The van der Waals surface area contributed by atoms with Gasteiger partial charge in [-0.05, 0) is 64.8 Å². The van der Waals surface area contributed by atoms with E-state index in [9.17, 15) is 4.79 Å². The van der Waals surface area contributed by atoms with Gasteiger partial charge in [-0.15, -0.1) is 11.3 Å². The summed E-state index contributed by atoms with van der Waals surface area (Å²) in [5.74, 6) is 0.933. The van der Waals surface area contributed by atoms with Crippen LogP contribution in [0.4, 0.5) is 0 Å². The highest BCUT2D eigenvalue weighted by Gasteiger charge is 2.24. The lowest BCUT2D eigenvalue weighted by molar-refractivity contribution is -0.121. The van der Waals surface area contributed by atoms with Crippen LogP contribution in [0, 0.1) is 12.8 Å². The molecule has 6 nitrogen and oxygen atoms in total. The van der Waals surface area contributed by atoms with Gasteiger partial charge in [-0.3, -0.25) is 4.79 Å². The van der Waals surface area contributed by atoms with Crippen molar-refractivity contribution in [2.45, 2.75) is 71.3 Å². The molecule has 1 fully saturated rings. The Morgan fingerprint density at radius 2 is 2.03 bits per heavy atom. The van der Waals surface area contributed by atoms with E-state index in [1.807, 2.05) is 20.0 Å². The number of aryl methyl sites for hydroxylation is 1. The minimum Gasteiger partial charge on any atom is -0.470 e. The van der Waals surface area contributed by atoms with Crippen LogP contribution in [0.2, 0.25) is 0 Å². The number of hydrogen-bond acceptors (Lipinski definition) is 7. The molecule has 3 heterocycles. The molecule has 0 radical (unpaired) electrons. The Hall–Kier alpha value is -1.51. The molecule has 0 unspecified atom stereocenters. The van der Waals surface area contributed by atoms with Gasteiger partial charge in [0.1, 0.15) is 0 Å². The van der Waals surface area contributed by atoms with E-state index >= 15 is 0 Å². The first-order chi connectivity index (χ1) is 15.1. The van der Waals surface area contributed by atoms with E-state index in [2.05, 4.69) is 20.2 Å². The van der Waals surface area contributed by atoms with Crippen LogP contribution in [-0.4, -0.2) is 53.1 Å². The molecule has 1 amide bonds. The number of fused-ring (bicyclic) bond motifs is 1. The third-order valence-corrected chi connectivity index (χ3v) is 8.40. The zero-order valence-corrected chi connectivity index (χ0v) is 20.3. The van der Waals surface area contributed by atoms with Crippen LogP contribution in [0.5, 0.6) is 5.19 Å². The predicted molar refractivity (Wildman–Crippen MR) is 126 cm³/mol. The molecule has 0 saturated heterocycles. The van der Waals surface area contributed by atoms with Gasteiger partial charge < -0.3 is 15.0 Å². The Kier molecular flexibility index (Phi) is 7.96. The zero-order chi connectivity index (χ0) is 21.6. The summed E-state index contributed by atoms with van der Waals surface area (Å²) in [6, 6.07) is 0.345. The van der Waals surface area contributed by atoms with Crippen molar-refractivity contribution in [2.24, 2.45) is 5.92 Å². The normalized spacial score (nSPS) is 22.0. The smallest absolute Gasteiger partial charge is 0.273 e. The summed E-state index contributed by atoms with van der Waals surface area (Å²) >= 11 is 3.34. The van der Waals surface area contributed by atoms with Gasteiger partial charge in [-0.2, -0.15) is 0 Å². The summed E-state index contributed by atoms with van der Waals surface area (Å²) in [5, 5.41) is 5.11. The van der Waals surface area contributed by atoms with E-state index in [0.29, 0.717) is 19.1 Å². The van der Waals surface area contributed by atoms with Crippen molar-refractivity contribution < 1.29 is 9.53 Å². The number of hydrogen-bond donors (Lipinski definition) is 1. The number of amides is 1. The topological polar surface area (TPSA) is 67.3 Å². The molecule has 170 valence electrons. The molecule has 1 N–H and O–H groups in total. The van der Waals surface area contributed by atoms with Crippen LogP contribution in [0.1, 0.15) is 59.5 Å². The molecule has 4 rings (SSSR count). The molecule has 2 aliphatic rings. The molecule has 0 spiro atoms. The number of aromatic nitrogens is 2. The highest BCUT2D eigenvalue weighted by molar-refractivity contribution is 7.13. The first kappa shape index (κ1) is 22.7. The van der Waals surface area contributed by atoms with E-state index in [0.717, 1.165) is 59.8 Å². The van der Waals surface area contributed by atoms with Crippen molar-refractivity contribution in [1.29, 1.82) is 0 Å². The number of thiazole rings is 2. The Labute approximate surface area is 193 Å². The van der Waals surface area contributed by atoms with E-state index in [4.69, 9.17) is 4.74 Å². The Morgan fingerprint density at radius 3 is 2.77 bits per heavy atom. The van der Waals surface area contributed by atoms with Crippen LogP contribution in [0.25, 0.3) is 0 Å². The maximum Gasteiger partial charge on any atom is 0.273 e. The molecule has 0 atom stereocenters. The van der Waals surface area contributed by atoms with E-state index in [1.54, 1.807) is 22.7 Å². The van der Waals surface area contributed by atoms with E-state index in [-0.39, 0.29) is 5.91 Å². The number of nitrogens with zero attached hydrogens (tertiary/aromatic N) is 3. The van der Waals surface area contributed by atoms with Gasteiger partial charge in [0.25, 0.3) is 5.19 Å². The minimum atomic E-state index is 0.144. The second kappa shape index (κ2) is 10.9. The van der Waals surface area contributed by atoms with Gasteiger partial charge in [-0.1, -0.05) is 11.3 Å². The summed E-state index contributed by atoms with van der Waals surface area (Å²) in [7, 11) is 0. The lowest BCUT2D eigenvalue weighted by Gasteiger charge is -2.30. The number of ether oxygens (including phenoxy) is 1. The van der Waals surface area contributed by atoms with Gasteiger partial charge in [0.05, 0.1) is 23.7 Å². The summed E-state index contributed by atoms with van der Waals surface area (Å²) < 4.78 is 5.58. The van der Waals surface area contributed by atoms with Crippen LogP contribution < -0.4 is 10.1 Å². The Balaban J connectivity index is 1.13. The molecule has 2 aromatic heterocycles. The summed E-state index contributed by atoms with van der Waals surface area (Å²) in [5.41, 5.74) is 1.25. The molecular weight excluding hydrogens is 428 g/mol. The number of nitrogens with one attached hydrogen (secondary N) is 1. The van der Waals surface area contributed by atoms with Crippen molar-refractivity contribution in [2.75, 3.05) is 26.2 Å². The van der Waals surface area contributed by atoms with Crippen LogP contribution in [0.15, 0.2) is 6.20 Å². The van der Waals surface area contributed by atoms with Crippen LogP contribution in [0.3, 0.4) is 0 Å². The number of carbonyl (C=O) groups excluding carboxylic acids is 1. The molecule has 2 aromatic rings. The Morgan fingerprint density at radius 1 is 1.23 bits per heavy atom. The fourth-order valence-electron chi connectivity index (χ4n) is 4.68. The maximum atomic E-state index is 12.3. The van der Waals surface area contributed by atoms with Gasteiger partial charge >= 0.3 is 0 Å². The van der Waals surface area contributed by atoms with Crippen molar-refractivity contribution in [3.63, 3.8) is 0 Å². The summed E-state index contributed by atoms with van der Waals surface area (Å²) in [6.07, 6.45) is 10.4. The average Bonchev–Trinajstić information content (AvgIpc) is 3.28. The maximum absolute atomic E-state index is 12.3. The molecule has 0 aromatic carbocycles. The van der Waals surface area contributed by atoms with Crippen molar-refractivity contribution in [1.82, 2.24) is 20.2 Å². The largest absolute Gasteiger partial charge is 0.470 e. The van der Waals surface area contributed by atoms with E-state index < -0.39 is 0 Å². The third-order valence-electron chi connectivity index (χ3n) is 6.42. The van der Waals surface area contributed by atoms with Crippen molar-refractivity contribution >= 4 is 28.6 Å². The standard InChI is InChI=1S/C23H34N4O2S2/c1-3-29-23-26-20-9-12-27(13-10-21(20)31-23)11-8-17-4-6-18(7-5-17)25-22(28)14-19-15-24-16(2)30-19/h15,17-18H,3-14H2,1-2H3,(H,25,28). The lowest BCUT2D eigenvalue weighted by Crippen LogP contribution is -2.38. The summed E-state index contributed by atoms with van der Waals surface area (Å²) in [4.78, 5) is 26.3. The van der Waals surface area contributed by atoms with Gasteiger partial charge in [0.2, 0.25) is 5.91 Å². The first-order valence-corrected chi connectivity index (χ1v) is 13.3.